The van der Waals surface area contributed by atoms with Gasteiger partial charge in [-0.25, -0.2) is 9.78 Å². The van der Waals surface area contributed by atoms with Crippen LogP contribution >= 0.6 is 11.3 Å². The lowest BCUT2D eigenvalue weighted by Crippen LogP contribution is -2.04. The number of alkyl halides is 3. The Morgan fingerprint density at radius 2 is 2.08 bits per heavy atom. The normalized spacial score (nSPS) is 11.5. The number of furan rings is 1. The van der Waals surface area contributed by atoms with Gasteiger partial charge in [-0.15, -0.1) is 11.3 Å². The summed E-state index contributed by atoms with van der Waals surface area (Å²) >= 11 is 1.44. The minimum absolute atomic E-state index is 0.00274. The smallest absolute Gasteiger partial charge is 0.416 e. The van der Waals surface area contributed by atoms with Crippen molar-refractivity contribution in [2.45, 2.75) is 19.7 Å². The maximum absolute atomic E-state index is 12.8. The predicted octanol–water partition coefficient (Wildman–Crippen LogP) is 5.09. The second-order valence-corrected chi connectivity index (χ2v) is 6.24. The first-order chi connectivity index (χ1) is 11.8. The first kappa shape index (κ1) is 17.2. The van der Waals surface area contributed by atoms with Crippen LogP contribution in [-0.2, 0) is 17.5 Å². The molecule has 0 aliphatic rings. The summed E-state index contributed by atoms with van der Waals surface area (Å²) in [6.07, 6.45) is -4.45. The molecule has 0 unspecified atom stereocenters. The number of nitrogens with zero attached hydrogens (tertiary/aromatic N) is 1. The number of hydrogen-bond acceptors (Lipinski definition) is 5. The van der Waals surface area contributed by atoms with E-state index < -0.39 is 17.7 Å². The minimum Gasteiger partial charge on any atom is -0.453 e. The van der Waals surface area contributed by atoms with Gasteiger partial charge in [-0.3, -0.25) is 0 Å². The van der Waals surface area contributed by atoms with Gasteiger partial charge in [-0.1, -0.05) is 12.1 Å². The molecule has 0 aliphatic carbocycles. The van der Waals surface area contributed by atoms with Crippen molar-refractivity contribution in [1.29, 1.82) is 0 Å². The Bertz CT molecular complexity index is 898. The minimum atomic E-state index is -4.45. The average Bonchev–Trinajstić information content (AvgIpc) is 3.21. The number of thiazole rings is 1. The molecule has 0 saturated carbocycles. The van der Waals surface area contributed by atoms with E-state index in [9.17, 15) is 18.0 Å². The Labute approximate surface area is 144 Å². The Kier molecular flexibility index (Phi) is 4.63. The number of carbonyl (C=O) groups excluding carboxylic acids is 1. The number of aromatic nitrogens is 1. The molecule has 2 aromatic heterocycles. The molecule has 0 bridgehead atoms. The Balaban J connectivity index is 1.72. The molecule has 3 rings (SSSR count). The van der Waals surface area contributed by atoms with Gasteiger partial charge in [-0.05, 0) is 31.2 Å². The van der Waals surface area contributed by atoms with Crippen LogP contribution in [0.4, 0.5) is 13.2 Å². The second-order valence-electron chi connectivity index (χ2n) is 5.18. The molecule has 130 valence electrons. The Morgan fingerprint density at radius 1 is 1.28 bits per heavy atom. The standard InChI is InChI=1S/C17H12F3NO3S/c1-10-21-13(9-25-10)8-23-16(22)15-6-5-14(24-15)11-3-2-4-12(7-11)17(18,19)20/h2-7,9H,8H2,1H3. The van der Waals surface area contributed by atoms with Crippen LogP contribution in [-0.4, -0.2) is 11.0 Å². The first-order valence-corrected chi connectivity index (χ1v) is 8.06. The lowest BCUT2D eigenvalue weighted by Gasteiger charge is -2.07. The molecule has 1 aromatic carbocycles. The van der Waals surface area contributed by atoms with Crippen LogP contribution < -0.4 is 0 Å². The van der Waals surface area contributed by atoms with Crippen LogP contribution in [0.15, 0.2) is 46.2 Å². The molecular weight excluding hydrogens is 355 g/mol. The van der Waals surface area contributed by atoms with Crippen LogP contribution in [0, 0.1) is 6.92 Å². The van der Waals surface area contributed by atoms with E-state index in [4.69, 9.17) is 9.15 Å². The van der Waals surface area contributed by atoms with Gasteiger partial charge in [0.15, 0.2) is 0 Å². The largest absolute Gasteiger partial charge is 0.453 e. The summed E-state index contributed by atoms with van der Waals surface area (Å²) in [6.45, 7) is 1.84. The number of aryl methyl sites for hydroxylation is 1. The lowest BCUT2D eigenvalue weighted by atomic mass is 10.1. The molecule has 8 heteroatoms. The summed E-state index contributed by atoms with van der Waals surface area (Å²) in [5, 5.41) is 2.63. The van der Waals surface area contributed by atoms with Crippen molar-refractivity contribution in [2.75, 3.05) is 0 Å². The van der Waals surface area contributed by atoms with E-state index in [-0.39, 0.29) is 23.7 Å². The van der Waals surface area contributed by atoms with E-state index >= 15 is 0 Å². The van der Waals surface area contributed by atoms with E-state index in [1.165, 1.54) is 35.6 Å². The molecule has 0 amide bonds. The zero-order valence-corrected chi connectivity index (χ0v) is 13.8. The van der Waals surface area contributed by atoms with Crippen LogP contribution in [0.1, 0.15) is 26.8 Å². The van der Waals surface area contributed by atoms with Crippen molar-refractivity contribution in [3.05, 3.63) is 63.8 Å². The molecule has 0 saturated heterocycles. The molecule has 0 radical (unpaired) electrons. The highest BCUT2D eigenvalue weighted by atomic mass is 32.1. The summed E-state index contributed by atoms with van der Waals surface area (Å²) < 4.78 is 48.7. The third-order valence-corrected chi connectivity index (χ3v) is 4.12. The van der Waals surface area contributed by atoms with Crippen molar-refractivity contribution in [2.24, 2.45) is 0 Å². The van der Waals surface area contributed by atoms with Crippen molar-refractivity contribution >= 4 is 17.3 Å². The summed E-state index contributed by atoms with van der Waals surface area (Å²) in [5.74, 6) is -0.634. The molecule has 0 aliphatic heterocycles. The second kappa shape index (κ2) is 6.72. The number of ether oxygens (including phenoxy) is 1. The van der Waals surface area contributed by atoms with Crippen LogP contribution in [0.3, 0.4) is 0 Å². The summed E-state index contributed by atoms with van der Waals surface area (Å²) in [4.78, 5) is 16.1. The number of halogens is 3. The Hall–Kier alpha value is -2.61. The maximum atomic E-state index is 12.8. The predicted molar refractivity (Wildman–Crippen MR) is 85.1 cm³/mol. The summed E-state index contributed by atoms with van der Waals surface area (Å²) in [5.41, 5.74) is 0.0638. The van der Waals surface area contributed by atoms with Crippen LogP contribution in [0.5, 0.6) is 0 Å². The van der Waals surface area contributed by atoms with E-state index in [1.807, 2.05) is 6.92 Å². The highest BCUT2D eigenvalue weighted by molar-refractivity contribution is 7.09. The summed E-state index contributed by atoms with van der Waals surface area (Å²) in [7, 11) is 0. The van der Waals surface area contributed by atoms with Gasteiger partial charge in [0.25, 0.3) is 0 Å². The van der Waals surface area contributed by atoms with Gasteiger partial charge < -0.3 is 9.15 Å². The van der Waals surface area contributed by atoms with Gasteiger partial charge in [0, 0.05) is 10.9 Å². The van der Waals surface area contributed by atoms with Crippen molar-refractivity contribution in [3.8, 4) is 11.3 Å². The fourth-order valence-corrected chi connectivity index (χ4v) is 2.73. The summed E-state index contributed by atoms with van der Waals surface area (Å²) in [6, 6.07) is 7.48. The van der Waals surface area contributed by atoms with Gasteiger partial charge in [0.05, 0.1) is 16.3 Å². The number of benzene rings is 1. The number of rotatable bonds is 4. The van der Waals surface area contributed by atoms with Crippen molar-refractivity contribution < 1.29 is 27.1 Å². The number of esters is 1. The molecule has 4 nitrogen and oxygen atoms in total. The van der Waals surface area contributed by atoms with E-state index in [2.05, 4.69) is 4.98 Å². The van der Waals surface area contributed by atoms with E-state index in [0.29, 0.717) is 5.69 Å². The third kappa shape index (κ3) is 4.08. The monoisotopic (exact) mass is 367 g/mol. The topological polar surface area (TPSA) is 52.3 Å². The lowest BCUT2D eigenvalue weighted by molar-refractivity contribution is -0.137. The fraction of sp³-hybridized carbons (Fsp3) is 0.176. The number of hydrogen-bond donors (Lipinski definition) is 0. The van der Waals surface area contributed by atoms with Gasteiger partial charge in [0.2, 0.25) is 5.76 Å². The molecule has 3 aromatic rings. The Morgan fingerprint density at radius 3 is 2.76 bits per heavy atom. The highest BCUT2D eigenvalue weighted by Crippen LogP contribution is 2.32. The van der Waals surface area contributed by atoms with Crippen molar-refractivity contribution in [3.63, 3.8) is 0 Å². The molecule has 25 heavy (non-hydrogen) atoms. The zero-order chi connectivity index (χ0) is 18.0. The first-order valence-electron chi connectivity index (χ1n) is 7.18. The SMILES string of the molecule is Cc1nc(COC(=O)c2ccc(-c3cccc(C(F)(F)F)c3)o2)cs1. The van der Waals surface area contributed by atoms with Crippen LogP contribution in [0.2, 0.25) is 0 Å². The van der Waals surface area contributed by atoms with E-state index in [1.54, 1.807) is 5.38 Å². The van der Waals surface area contributed by atoms with Crippen molar-refractivity contribution in [1.82, 2.24) is 4.98 Å². The molecular formula is C17H12F3NO3S. The van der Waals surface area contributed by atoms with Gasteiger partial charge in [0.1, 0.15) is 12.4 Å². The van der Waals surface area contributed by atoms with Gasteiger partial charge in [-0.2, -0.15) is 13.2 Å². The molecule has 0 N–H and O–H groups in total. The molecule has 0 fully saturated rings. The highest BCUT2D eigenvalue weighted by Gasteiger charge is 2.30. The van der Waals surface area contributed by atoms with Gasteiger partial charge >= 0.3 is 12.1 Å². The quantitative estimate of drug-likeness (QED) is 0.603. The average molecular weight is 367 g/mol. The van der Waals surface area contributed by atoms with Crippen LogP contribution in [0.25, 0.3) is 11.3 Å². The fourth-order valence-electron chi connectivity index (χ4n) is 2.14. The third-order valence-electron chi connectivity index (χ3n) is 3.30. The molecule has 0 spiro atoms. The maximum Gasteiger partial charge on any atom is 0.416 e. The number of carbonyl (C=O) groups is 1. The van der Waals surface area contributed by atoms with E-state index in [0.717, 1.165) is 17.1 Å². The zero-order valence-electron chi connectivity index (χ0n) is 13.0. The molecule has 2 heterocycles. The molecule has 0 atom stereocenters.